The highest BCUT2D eigenvalue weighted by molar-refractivity contribution is 7.86. The number of unbranched alkanes of at least 4 members (excludes halogenated alkanes) is 2. The average Bonchev–Trinajstić information content (AvgIpc) is 2.49. The normalized spacial score (nSPS) is 12.4. The first-order valence-electron chi connectivity index (χ1n) is 7.54. The highest BCUT2D eigenvalue weighted by Gasteiger charge is 2.21. The summed E-state index contributed by atoms with van der Waals surface area (Å²) >= 11 is 0. The lowest BCUT2D eigenvalue weighted by Gasteiger charge is -2.14. The quantitative estimate of drug-likeness (QED) is 0.418. The fourth-order valence-electron chi connectivity index (χ4n) is 2.53. The number of hydrogen-bond donors (Lipinski definition) is 4. The minimum absolute atomic E-state index is 0.0408. The molecule has 4 N–H and O–H groups in total. The Hall–Kier alpha value is -1.88. The molecule has 0 aliphatic rings. The van der Waals surface area contributed by atoms with E-state index in [4.69, 9.17) is 4.55 Å². The SMILES string of the molecule is CCCCCNc1ccc(S(=O)(=O)O)c2cc(S(=O)(=O)O)cc(O)c12. The van der Waals surface area contributed by atoms with Crippen LogP contribution in [0.25, 0.3) is 10.8 Å². The summed E-state index contributed by atoms with van der Waals surface area (Å²) in [5.74, 6) is -0.534. The van der Waals surface area contributed by atoms with Crippen molar-refractivity contribution >= 4 is 36.7 Å². The number of rotatable bonds is 7. The van der Waals surface area contributed by atoms with E-state index >= 15 is 0 Å². The minimum atomic E-state index is -4.67. The number of phenolic OH excluding ortho intramolecular Hbond substituents is 1. The summed E-state index contributed by atoms with van der Waals surface area (Å²) in [4.78, 5) is -1.24. The molecule has 2 rings (SSSR count). The Morgan fingerprint density at radius 3 is 2.24 bits per heavy atom. The number of nitrogens with one attached hydrogen (secondary N) is 1. The van der Waals surface area contributed by atoms with Crippen LogP contribution in [0.4, 0.5) is 5.69 Å². The molecule has 0 unspecified atom stereocenters. The van der Waals surface area contributed by atoms with Crippen LogP contribution >= 0.6 is 0 Å². The van der Waals surface area contributed by atoms with E-state index in [2.05, 4.69) is 5.32 Å². The van der Waals surface area contributed by atoms with Crippen molar-refractivity contribution in [2.45, 2.75) is 36.0 Å². The Bertz CT molecular complexity index is 998. The fraction of sp³-hybridized carbons (Fsp3) is 0.333. The first-order chi connectivity index (χ1) is 11.6. The molecule has 0 saturated heterocycles. The molecule has 2 aromatic carbocycles. The van der Waals surface area contributed by atoms with Crippen molar-refractivity contribution in [2.24, 2.45) is 0 Å². The van der Waals surface area contributed by atoms with Crippen molar-refractivity contribution in [1.29, 1.82) is 0 Å². The molecule has 0 heterocycles. The molecule has 0 amide bonds. The van der Waals surface area contributed by atoms with Crippen LogP contribution in [0.15, 0.2) is 34.1 Å². The summed E-state index contributed by atoms with van der Waals surface area (Å²) in [6, 6.07) is 4.20. The van der Waals surface area contributed by atoms with Gasteiger partial charge in [0.25, 0.3) is 20.2 Å². The van der Waals surface area contributed by atoms with Crippen LogP contribution in [0.1, 0.15) is 26.2 Å². The van der Waals surface area contributed by atoms with Gasteiger partial charge in [0.15, 0.2) is 0 Å². The van der Waals surface area contributed by atoms with Crippen LogP contribution in [-0.4, -0.2) is 37.6 Å². The Morgan fingerprint density at radius 2 is 1.68 bits per heavy atom. The van der Waals surface area contributed by atoms with Gasteiger partial charge in [0.05, 0.1) is 4.90 Å². The lowest BCUT2D eigenvalue weighted by molar-refractivity contribution is 0.470. The van der Waals surface area contributed by atoms with Crippen molar-refractivity contribution in [3.8, 4) is 5.75 Å². The molecule has 0 radical (unpaired) electrons. The topological polar surface area (TPSA) is 141 Å². The molecule has 0 aliphatic carbocycles. The summed E-state index contributed by atoms with van der Waals surface area (Å²) in [5.41, 5.74) is 0.387. The predicted molar refractivity (Wildman–Crippen MR) is 93.3 cm³/mol. The van der Waals surface area contributed by atoms with E-state index in [0.29, 0.717) is 12.2 Å². The second kappa shape index (κ2) is 7.16. The van der Waals surface area contributed by atoms with Gasteiger partial charge in [-0.05, 0) is 24.6 Å². The van der Waals surface area contributed by atoms with Gasteiger partial charge in [-0.2, -0.15) is 16.8 Å². The molecule has 2 aromatic rings. The van der Waals surface area contributed by atoms with Crippen molar-refractivity contribution in [3.05, 3.63) is 24.3 Å². The average molecular weight is 389 g/mol. The number of benzene rings is 2. The zero-order valence-electron chi connectivity index (χ0n) is 13.4. The Balaban J connectivity index is 2.71. The maximum absolute atomic E-state index is 11.6. The number of anilines is 1. The van der Waals surface area contributed by atoms with Crippen LogP contribution in [0.3, 0.4) is 0 Å². The molecular weight excluding hydrogens is 370 g/mol. The van der Waals surface area contributed by atoms with Crippen LogP contribution < -0.4 is 5.32 Å². The van der Waals surface area contributed by atoms with Gasteiger partial charge in [0.1, 0.15) is 10.6 Å². The standard InChI is InChI=1S/C15H19NO7S2/c1-2-3-4-7-16-12-5-6-14(25(21,22)23)11-8-10(24(18,19)20)9-13(17)15(11)12/h5-6,8-9,16-17H,2-4,7H2,1H3,(H,18,19,20)(H,21,22,23). The van der Waals surface area contributed by atoms with Crippen LogP contribution in [-0.2, 0) is 20.2 Å². The van der Waals surface area contributed by atoms with Crippen molar-refractivity contribution in [3.63, 3.8) is 0 Å². The van der Waals surface area contributed by atoms with E-state index in [1.807, 2.05) is 6.92 Å². The molecule has 0 atom stereocenters. The van der Waals surface area contributed by atoms with Crippen LogP contribution in [0.2, 0.25) is 0 Å². The Morgan fingerprint density at radius 1 is 1.00 bits per heavy atom. The predicted octanol–water partition coefficient (Wildman–Crippen LogP) is 2.64. The summed E-state index contributed by atoms with van der Waals surface area (Å²) in [7, 11) is -9.34. The zero-order chi connectivity index (χ0) is 18.8. The zero-order valence-corrected chi connectivity index (χ0v) is 15.1. The molecule has 138 valence electrons. The van der Waals surface area contributed by atoms with Crippen molar-refractivity contribution < 1.29 is 31.0 Å². The lowest BCUT2D eigenvalue weighted by atomic mass is 10.1. The second-order valence-corrected chi connectivity index (χ2v) is 8.37. The Labute approximate surface area is 146 Å². The Kier molecular flexibility index (Phi) is 5.57. The van der Waals surface area contributed by atoms with Gasteiger partial charge in [-0.15, -0.1) is 0 Å². The number of aromatic hydroxyl groups is 1. The van der Waals surface area contributed by atoms with Gasteiger partial charge in [-0.3, -0.25) is 9.11 Å². The lowest BCUT2D eigenvalue weighted by Crippen LogP contribution is -2.06. The van der Waals surface area contributed by atoms with Gasteiger partial charge in [0.2, 0.25) is 0 Å². The molecule has 0 fully saturated rings. The van der Waals surface area contributed by atoms with Gasteiger partial charge in [-0.25, -0.2) is 0 Å². The maximum Gasteiger partial charge on any atom is 0.295 e. The number of phenols is 1. The monoisotopic (exact) mass is 389 g/mol. The molecule has 0 aromatic heterocycles. The van der Waals surface area contributed by atoms with Crippen LogP contribution in [0.5, 0.6) is 5.75 Å². The van der Waals surface area contributed by atoms with E-state index in [1.54, 1.807) is 0 Å². The van der Waals surface area contributed by atoms with Crippen LogP contribution in [0, 0.1) is 0 Å². The molecule has 0 saturated carbocycles. The number of hydrogen-bond acceptors (Lipinski definition) is 6. The largest absolute Gasteiger partial charge is 0.507 e. The van der Waals surface area contributed by atoms with Crippen molar-refractivity contribution in [2.75, 3.05) is 11.9 Å². The molecule has 8 nitrogen and oxygen atoms in total. The van der Waals surface area contributed by atoms with Gasteiger partial charge < -0.3 is 10.4 Å². The van der Waals surface area contributed by atoms with E-state index in [-0.39, 0.29) is 10.8 Å². The highest BCUT2D eigenvalue weighted by atomic mass is 32.2. The molecule has 10 heteroatoms. The second-order valence-electron chi connectivity index (χ2n) is 5.56. The summed E-state index contributed by atoms with van der Waals surface area (Å²) in [6.45, 7) is 2.60. The van der Waals surface area contributed by atoms with Gasteiger partial charge in [-0.1, -0.05) is 19.8 Å². The highest BCUT2D eigenvalue weighted by Crippen LogP contribution is 2.38. The molecule has 0 aliphatic heterocycles. The van der Waals surface area contributed by atoms with E-state index in [0.717, 1.165) is 37.5 Å². The molecule has 0 spiro atoms. The smallest absolute Gasteiger partial charge is 0.295 e. The molecule has 0 bridgehead atoms. The first-order valence-corrected chi connectivity index (χ1v) is 10.4. The third-order valence-electron chi connectivity index (χ3n) is 3.70. The van der Waals surface area contributed by atoms with Gasteiger partial charge >= 0.3 is 0 Å². The third kappa shape index (κ3) is 4.40. The minimum Gasteiger partial charge on any atom is -0.507 e. The van der Waals surface area contributed by atoms with E-state index in [9.17, 15) is 26.5 Å². The first kappa shape index (κ1) is 19.4. The van der Waals surface area contributed by atoms with E-state index < -0.39 is 35.8 Å². The third-order valence-corrected chi connectivity index (χ3v) is 5.44. The molecule has 25 heavy (non-hydrogen) atoms. The molecular formula is C15H19NO7S2. The summed E-state index contributed by atoms with van der Waals surface area (Å²) < 4.78 is 64.4. The number of fused-ring (bicyclic) bond motifs is 1. The summed E-state index contributed by atoms with van der Waals surface area (Å²) in [5, 5.41) is 13.1. The van der Waals surface area contributed by atoms with E-state index in [1.165, 1.54) is 6.07 Å². The summed E-state index contributed by atoms with van der Waals surface area (Å²) in [6.07, 6.45) is 2.84. The van der Waals surface area contributed by atoms with Crippen molar-refractivity contribution in [1.82, 2.24) is 0 Å². The fourth-order valence-corrected chi connectivity index (χ4v) is 3.74. The van der Waals surface area contributed by atoms with Gasteiger partial charge in [0, 0.05) is 29.1 Å². The maximum atomic E-state index is 11.6.